The lowest BCUT2D eigenvalue weighted by Crippen LogP contribution is -2.35. The molecular formula is C11H13N3O. The number of amides is 1. The third kappa shape index (κ3) is 3.06. The number of pyridine rings is 1. The van der Waals surface area contributed by atoms with Crippen molar-refractivity contribution in [2.75, 3.05) is 0 Å². The zero-order valence-corrected chi connectivity index (χ0v) is 8.82. The first kappa shape index (κ1) is 11.2. The van der Waals surface area contributed by atoms with Crippen molar-refractivity contribution in [3.05, 3.63) is 30.1 Å². The summed E-state index contributed by atoms with van der Waals surface area (Å²) in [5.74, 6) is -0.270. The number of hydrogen-bond acceptors (Lipinski definition) is 3. The van der Waals surface area contributed by atoms with E-state index in [0.717, 1.165) is 5.56 Å². The largest absolute Gasteiger partial charge is 0.351 e. The summed E-state index contributed by atoms with van der Waals surface area (Å²) in [5, 5.41) is 11.4. The first-order chi connectivity index (χ1) is 7.06. The van der Waals surface area contributed by atoms with Crippen LogP contribution in [0.5, 0.6) is 0 Å². The lowest BCUT2D eigenvalue weighted by Gasteiger charge is -2.14. The SMILES string of the molecule is CC(C)(C#N)C(=O)NCc1cccnc1. The Balaban J connectivity index is 2.53. The Kier molecular flexibility index (Phi) is 3.40. The Labute approximate surface area is 88.9 Å². The number of hydrogen-bond donors (Lipinski definition) is 1. The van der Waals surface area contributed by atoms with Gasteiger partial charge in [0, 0.05) is 18.9 Å². The second kappa shape index (κ2) is 4.56. The number of aromatic nitrogens is 1. The summed E-state index contributed by atoms with van der Waals surface area (Å²) in [6.45, 7) is 3.58. The Bertz CT molecular complexity index is 379. The molecule has 0 unspecified atom stereocenters. The van der Waals surface area contributed by atoms with Crippen molar-refractivity contribution in [2.24, 2.45) is 5.41 Å². The highest BCUT2D eigenvalue weighted by Gasteiger charge is 2.26. The highest BCUT2D eigenvalue weighted by molar-refractivity contribution is 5.84. The predicted octanol–water partition coefficient (Wildman–Crippen LogP) is 1.25. The maximum Gasteiger partial charge on any atom is 0.240 e. The molecule has 1 N–H and O–H groups in total. The van der Waals surface area contributed by atoms with Crippen LogP contribution < -0.4 is 5.32 Å². The van der Waals surface area contributed by atoms with Crippen LogP contribution >= 0.6 is 0 Å². The molecule has 1 aromatic rings. The molecule has 1 amide bonds. The van der Waals surface area contributed by atoms with Gasteiger partial charge in [-0.15, -0.1) is 0 Å². The molecule has 78 valence electrons. The molecule has 0 aliphatic rings. The van der Waals surface area contributed by atoms with Gasteiger partial charge in [0.15, 0.2) is 0 Å². The first-order valence-corrected chi connectivity index (χ1v) is 4.65. The summed E-state index contributed by atoms with van der Waals surface area (Å²) < 4.78 is 0. The van der Waals surface area contributed by atoms with Gasteiger partial charge in [0.05, 0.1) is 6.07 Å². The summed E-state index contributed by atoms with van der Waals surface area (Å²) >= 11 is 0. The smallest absolute Gasteiger partial charge is 0.240 e. The van der Waals surface area contributed by atoms with Crippen LogP contribution in [0.1, 0.15) is 19.4 Å². The van der Waals surface area contributed by atoms with Gasteiger partial charge < -0.3 is 5.32 Å². The van der Waals surface area contributed by atoms with Gasteiger partial charge in [-0.1, -0.05) is 6.07 Å². The molecule has 0 bridgehead atoms. The Hall–Kier alpha value is -1.89. The summed E-state index contributed by atoms with van der Waals surface area (Å²) in [6, 6.07) is 5.62. The average Bonchev–Trinajstić information content (AvgIpc) is 2.27. The number of carbonyl (C=O) groups is 1. The number of carbonyl (C=O) groups excluding carboxylic acids is 1. The predicted molar refractivity (Wildman–Crippen MR) is 55.5 cm³/mol. The molecule has 0 atom stereocenters. The van der Waals surface area contributed by atoms with E-state index in [1.165, 1.54) is 0 Å². The summed E-state index contributed by atoms with van der Waals surface area (Å²) in [7, 11) is 0. The summed E-state index contributed by atoms with van der Waals surface area (Å²) in [6.07, 6.45) is 3.35. The lowest BCUT2D eigenvalue weighted by molar-refractivity contribution is -0.126. The van der Waals surface area contributed by atoms with Gasteiger partial charge in [0.1, 0.15) is 5.41 Å². The molecule has 0 radical (unpaired) electrons. The minimum atomic E-state index is -0.984. The van der Waals surface area contributed by atoms with E-state index in [0.29, 0.717) is 6.54 Å². The van der Waals surface area contributed by atoms with Crippen molar-refractivity contribution >= 4 is 5.91 Å². The zero-order valence-electron chi connectivity index (χ0n) is 8.82. The van der Waals surface area contributed by atoms with Gasteiger partial charge in [-0.25, -0.2) is 0 Å². The third-order valence-electron chi connectivity index (χ3n) is 2.02. The van der Waals surface area contributed by atoms with E-state index in [2.05, 4.69) is 10.3 Å². The highest BCUT2D eigenvalue weighted by Crippen LogP contribution is 2.12. The fourth-order valence-electron chi connectivity index (χ4n) is 0.957. The van der Waals surface area contributed by atoms with E-state index in [-0.39, 0.29) is 5.91 Å². The molecule has 0 aromatic carbocycles. The quantitative estimate of drug-likeness (QED) is 0.803. The first-order valence-electron chi connectivity index (χ1n) is 4.65. The van der Waals surface area contributed by atoms with E-state index in [9.17, 15) is 4.79 Å². The highest BCUT2D eigenvalue weighted by atomic mass is 16.2. The van der Waals surface area contributed by atoms with Crippen LogP contribution in [0.2, 0.25) is 0 Å². The molecule has 4 nitrogen and oxygen atoms in total. The van der Waals surface area contributed by atoms with Crippen LogP contribution in [0.25, 0.3) is 0 Å². The van der Waals surface area contributed by atoms with Gasteiger partial charge in [-0.2, -0.15) is 5.26 Å². The minimum absolute atomic E-state index is 0.270. The summed E-state index contributed by atoms with van der Waals surface area (Å²) in [4.78, 5) is 15.4. The fourth-order valence-corrected chi connectivity index (χ4v) is 0.957. The van der Waals surface area contributed by atoms with Crippen molar-refractivity contribution < 1.29 is 4.79 Å². The summed E-state index contributed by atoms with van der Waals surface area (Å²) in [5.41, 5.74) is -0.0676. The molecule has 0 aliphatic heterocycles. The normalized spacial score (nSPS) is 10.5. The lowest BCUT2D eigenvalue weighted by atomic mass is 9.95. The minimum Gasteiger partial charge on any atom is -0.351 e. The Morgan fingerprint density at radius 3 is 2.93 bits per heavy atom. The number of nitrogens with one attached hydrogen (secondary N) is 1. The van der Waals surface area contributed by atoms with Crippen LogP contribution in [0.3, 0.4) is 0 Å². The Morgan fingerprint density at radius 2 is 2.40 bits per heavy atom. The third-order valence-corrected chi connectivity index (χ3v) is 2.02. The maximum atomic E-state index is 11.5. The van der Waals surface area contributed by atoms with Crippen molar-refractivity contribution in [1.29, 1.82) is 5.26 Å². The average molecular weight is 203 g/mol. The molecule has 0 saturated heterocycles. The number of rotatable bonds is 3. The standard InChI is InChI=1S/C11H13N3O/c1-11(2,8-12)10(15)14-7-9-4-3-5-13-6-9/h3-6H,7H2,1-2H3,(H,14,15). The second-order valence-corrected chi connectivity index (χ2v) is 3.78. The van der Waals surface area contributed by atoms with Crippen molar-refractivity contribution in [3.63, 3.8) is 0 Å². The van der Waals surface area contributed by atoms with Crippen LogP contribution in [-0.2, 0) is 11.3 Å². The molecule has 1 aromatic heterocycles. The van der Waals surface area contributed by atoms with Crippen LogP contribution in [-0.4, -0.2) is 10.9 Å². The van der Waals surface area contributed by atoms with Crippen LogP contribution in [0.15, 0.2) is 24.5 Å². The molecule has 1 rings (SSSR count). The molecule has 0 aliphatic carbocycles. The number of nitriles is 1. The Morgan fingerprint density at radius 1 is 1.67 bits per heavy atom. The van der Waals surface area contributed by atoms with Crippen LogP contribution in [0, 0.1) is 16.7 Å². The van der Waals surface area contributed by atoms with Crippen molar-refractivity contribution in [1.82, 2.24) is 10.3 Å². The molecule has 4 heteroatoms. The van der Waals surface area contributed by atoms with E-state index in [1.54, 1.807) is 32.3 Å². The monoisotopic (exact) mass is 203 g/mol. The zero-order chi connectivity index (χ0) is 11.3. The van der Waals surface area contributed by atoms with Gasteiger partial charge in [0.25, 0.3) is 0 Å². The van der Waals surface area contributed by atoms with Crippen molar-refractivity contribution in [3.8, 4) is 6.07 Å². The van der Waals surface area contributed by atoms with Gasteiger partial charge in [-0.3, -0.25) is 9.78 Å². The number of nitrogens with zero attached hydrogens (tertiary/aromatic N) is 2. The molecule has 15 heavy (non-hydrogen) atoms. The topological polar surface area (TPSA) is 65.8 Å². The van der Waals surface area contributed by atoms with Gasteiger partial charge in [0.2, 0.25) is 5.91 Å². The maximum absolute atomic E-state index is 11.5. The molecule has 0 spiro atoms. The molecule has 0 fully saturated rings. The van der Waals surface area contributed by atoms with E-state index in [1.807, 2.05) is 12.1 Å². The molecule has 1 heterocycles. The second-order valence-electron chi connectivity index (χ2n) is 3.78. The van der Waals surface area contributed by atoms with E-state index in [4.69, 9.17) is 5.26 Å². The van der Waals surface area contributed by atoms with E-state index < -0.39 is 5.41 Å². The van der Waals surface area contributed by atoms with E-state index >= 15 is 0 Å². The fraction of sp³-hybridized carbons (Fsp3) is 0.364. The molecule has 0 saturated carbocycles. The molecular weight excluding hydrogens is 190 g/mol. The van der Waals surface area contributed by atoms with Crippen LogP contribution in [0.4, 0.5) is 0 Å². The van der Waals surface area contributed by atoms with Gasteiger partial charge >= 0.3 is 0 Å². The van der Waals surface area contributed by atoms with Gasteiger partial charge in [-0.05, 0) is 25.5 Å². The van der Waals surface area contributed by atoms with Crippen molar-refractivity contribution in [2.45, 2.75) is 20.4 Å².